The molecule has 0 aliphatic carbocycles. The molecule has 1 fully saturated rings. The Balaban J connectivity index is 2.37. The van der Waals surface area contributed by atoms with E-state index in [-0.39, 0.29) is 12.2 Å². The Hall–Kier alpha value is -2.04. The molecule has 102 valence electrons. The molecule has 2 rings (SSSR count). The Kier molecular flexibility index (Phi) is 4.04. The van der Waals surface area contributed by atoms with Crippen LogP contribution in [0.15, 0.2) is 18.2 Å². The van der Waals surface area contributed by atoms with Gasteiger partial charge in [0.05, 0.1) is 18.9 Å². The Labute approximate surface area is 112 Å². The number of Topliss-reactive ketones (excluding diaryl/α,β-unsaturated/α-hetero) is 1. The van der Waals surface area contributed by atoms with Crippen LogP contribution in [0.5, 0.6) is 11.5 Å². The van der Waals surface area contributed by atoms with E-state index < -0.39 is 5.91 Å². The third-order valence-electron chi connectivity index (χ3n) is 2.88. The highest BCUT2D eigenvalue weighted by Gasteiger charge is 2.32. The van der Waals surface area contributed by atoms with Crippen LogP contribution in [0.4, 0.5) is 5.69 Å². The van der Waals surface area contributed by atoms with Crippen LogP contribution in [-0.4, -0.2) is 31.4 Å². The molecule has 0 unspecified atom stereocenters. The number of nitrogens with zero attached hydrogens (tertiary/aromatic N) is 1. The molecule has 1 aromatic carbocycles. The summed E-state index contributed by atoms with van der Waals surface area (Å²) < 4.78 is 10.9. The fraction of sp³-hybridized carbons (Fsp3) is 0.429. The van der Waals surface area contributed by atoms with Crippen molar-refractivity contribution in [3.05, 3.63) is 18.2 Å². The highest BCUT2D eigenvalue weighted by Crippen LogP contribution is 2.34. The van der Waals surface area contributed by atoms with Crippen molar-refractivity contribution in [2.24, 2.45) is 0 Å². The predicted molar refractivity (Wildman–Crippen MR) is 70.8 cm³/mol. The standard InChI is InChI=1S/C14H17NO4/c1-3-18-10-5-6-13(19-4-2)11(9-10)15-8-7-12(16)14(15)17/h5-6,9H,3-4,7-8H2,1-2H3. The third-order valence-corrected chi connectivity index (χ3v) is 2.88. The van der Waals surface area contributed by atoms with Crippen LogP contribution in [0, 0.1) is 0 Å². The number of amides is 1. The van der Waals surface area contributed by atoms with Crippen molar-refractivity contribution in [1.82, 2.24) is 0 Å². The first-order valence-corrected chi connectivity index (χ1v) is 6.41. The van der Waals surface area contributed by atoms with Gasteiger partial charge in [0.2, 0.25) is 5.78 Å². The number of hydrogen-bond acceptors (Lipinski definition) is 4. The predicted octanol–water partition coefficient (Wildman–Crippen LogP) is 1.79. The first-order valence-electron chi connectivity index (χ1n) is 6.41. The lowest BCUT2D eigenvalue weighted by Crippen LogP contribution is -2.27. The SMILES string of the molecule is CCOc1ccc(OCC)c(N2CCC(=O)C2=O)c1. The van der Waals surface area contributed by atoms with Crippen LogP contribution < -0.4 is 14.4 Å². The Morgan fingerprint density at radius 3 is 2.47 bits per heavy atom. The van der Waals surface area contributed by atoms with E-state index in [2.05, 4.69) is 0 Å². The quantitative estimate of drug-likeness (QED) is 0.760. The third kappa shape index (κ3) is 2.70. The molecule has 19 heavy (non-hydrogen) atoms. The molecule has 0 radical (unpaired) electrons. The molecule has 0 atom stereocenters. The van der Waals surface area contributed by atoms with Gasteiger partial charge in [-0.1, -0.05) is 0 Å². The number of hydrogen-bond donors (Lipinski definition) is 0. The van der Waals surface area contributed by atoms with Crippen LogP contribution in [0.1, 0.15) is 20.3 Å². The largest absolute Gasteiger partial charge is 0.494 e. The maximum Gasteiger partial charge on any atom is 0.294 e. The second-order valence-electron chi connectivity index (χ2n) is 4.13. The maximum atomic E-state index is 11.8. The van der Waals surface area contributed by atoms with Crippen LogP contribution in [-0.2, 0) is 9.59 Å². The van der Waals surface area contributed by atoms with Gasteiger partial charge in [-0.25, -0.2) is 0 Å². The number of rotatable bonds is 5. The van der Waals surface area contributed by atoms with Crippen molar-refractivity contribution in [2.75, 3.05) is 24.7 Å². The summed E-state index contributed by atoms with van der Waals surface area (Å²) in [6, 6.07) is 5.30. The Morgan fingerprint density at radius 1 is 1.16 bits per heavy atom. The van der Waals surface area contributed by atoms with Gasteiger partial charge in [-0.15, -0.1) is 0 Å². The van der Waals surface area contributed by atoms with Crippen molar-refractivity contribution < 1.29 is 19.1 Å². The smallest absolute Gasteiger partial charge is 0.294 e. The minimum atomic E-state index is -0.477. The van der Waals surface area contributed by atoms with E-state index >= 15 is 0 Å². The highest BCUT2D eigenvalue weighted by atomic mass is 16.5. The lowest BCUT2D eigenvalue weighted by atomic mass is 10.2. The molecule has 0 spiro atoms. The molecule has 0 saturated carbocycles. The van der Waals surface area contributed by atoms with Crippen molar-refractivity contribution in [1.29, 1.82) is 0 Å². The maximum absolute atomic E-state index is 11.8. The summed E-state index contributed by atoms with van der Waals surface area (Å²) >= 11 is 0. The summed E-state index contributed by atoms with van der Waals surface area (Å²) in [6.45, 7) is 5.20. The molecule has 1 saturated heterocycles. The van der Waals surface area contributed by atoms with E-state index in [1.807, 2.05) is 13.8 Å². The normalized spacial score (nSPS) is 14.9. The molecular weight excluding hydrogens is 246 g/mol. The topological polar surface area (TPSA) is 55.8 Å². The van der Waals surface area contributed by atoms with E-state index in [0.29, 0.717) is 36.9 Å². The summed E-state index contributed by atoms with van der Waals surface area (Å²) in [5.41, 5.74) is 0.601. The minimum absolute atomic E-state index is 0.253. The number of ketones is 1. The fourth-order valence-corrected chi connectivity index (χ4v) is 2.04. The van der Waals surface area contributed by atoms with Gasteiger partial charge < -0.3 is 14.4 Å². The van der Waals surface area contributed by atoms with Crippen molar-refractivity contribution >= 4 is 17.4 Å². The first-order chi connectivity index (χ1) is 9.17. The molecule has 1 aliphatic rings. The molecule has 0 N–H and O–H groups in total. The van der Waals surface area contributed by atoms with Gasteiger partial charge in [0, 0.05) is 19.0 Å². The molecular formula is C14H17NO4. The van der Waals surface area contributed by atoms with Crippen LogP contribution in [0.25, 0.3) is 0 Å². The van der Waals surface area contributed by atoms with E-state index in [4.69, 9.17) is 9.47 Å². The van der Waals surface area contributed by atoms with Crippen molar-refractivity contribution in [3.8, 4) is 11.5 Å². The highest BCUT2D eigenvalue weighted by molar-refractivity contribution is 6.43. The number of ether oxygens (including phenoxy) is 2. The summed E-state index contributed by atoms with van der Waals surface area (Å²) in [4.78, 5) is 24.6. The Morgan fingerprint density at radius 2 is 1.89 bits per heavy atom. The molecule has 1 heterocycles. The van der Waals surface area contributed by atoms with Crippen LogP contribution in [0.3, 0.4) is 0 Å². The molecule has 5 nitrogen and oxygen atoms in total. The average Bonchev–Trinajstić information content (AvgIpc) is 2.73. The number of benzene rings is 1. The molecule has 0 bridgehead atoms. The van der Waals surface area contributed by atoms with E-state index in [1.165, 1.54) is 4.90 Å². The second kappa shape index (κ2) is 5.73. The Bertz CT molecular complexity index is 498. The second-order valence-corrected chi connectivity index (χ2v) is 4.13. The van der Waals surface area contributed by atoms with Gasteiger partial charge in [0.25, 0.3) is 5.91 Å². The zero-order chi connectivity index (χ0) is 13.8. The number of anilines is 1. The van der Waals surface area contributed by atoms with Gasteiger partial charge in [-0.05, 0) is 26.0 Å². The molecule has 1 aromatic rings. The molecule has 1 amide bonds. The fourth-order valence-electron chi connectivity index (χ4n) is 2.04. The van der Waals surface area contributed by atoms with E-state index in [1.54, 1.807) is 18.2 Å². The molecule has 5 heteroatoms. The zero-order valence-electron chi connectivity index (χ0n) is 11.1. The summed E-state index contributed by atoms with van der Waals surface area (Å²) in [6.07, 6.45) is 0.253. The molecule has 0 aromatic heterocycles. The lowest BCUT2D eigenvalue weighted by molar-refractivity contribution is -0.133. The van der Waals surface area contributed by atoms with Gasteiger partial charge in [0.1, 0.15) is 11.5 Å². The summed E-state index contributed by atoms with van der Waals surface area (Å²) in [7, 11) is 0. The van der Waals surface area contributed by atoms with Crippen LogP contribution >= 0.6 is 0 Å². The lowest BCUT2D eigenvalue weighted by Gasteiger charge is -2.19. The van der Waals surface area contributed by atoms with Gasteiger partial charge in [0.15, 0.2) is 0 Å². The van der Waals surface area contributed by atoms with E-state index in [0.717, 1.165) is 0 Å². The minimum Gasteiger partial charge on any atom is -0.494 e. The van der Waals surface area contributed by atoms with Gasteiger partial charge in [-0.3, -0.25) is 9.59 Å². The zero-order valence-corrected chi connectivity index (χ0v) is 11.1. The van der Waals surface area contributed by atoms with Crippen molar-refractivity contribution in [3.63, 3.8) is 0 Å². The monoisotopic (exact) mass is 263 g/mol. The molecule has 1 aliphatic heterocycles. The van der Waals surface area contributed by atoms with Crippen LogP contribution in [0.2, 0.25) is 0 Å². The first kappa shape index (κ1) is 13.4. The van der Waals surface area contributed by atoms with Gasteiger partial charge in [-0.2, -0.15) is 0 Å². The summed E-state index contributed by atoms with van der Waals surface area (Å²) in [5.74, 6) is 0.418. The number of carbonyl (C=O) groups excluding carboxylic acids is 2. The van der Waals surface area contributed by atoms with Gasteiger partial charge >= 0.3 is 0 Å². The number of carbonyl (C=O) groups is 2. The van der Waals surface area contributed by atoms with Crippen molar-refractivity contribution in [2.45, 2.75) is 20.3 Å². The average molecular weight is 263 g/mol. The summed E-state index contributed by atoms with van der Waals surface area (Å²) in [5, 5.41) is 0. The van der Waals surface area contributed by atoms with E-state index in [9.17, 15) is 9.59 Å².